The number of aromatic nitrogens is 4. The number of anilines is 1. The molecule has 2 rings (SSSR count). The third-order valence-corrected chi connectivity index (χ3v) is 2.45. The molecule has 6 nitrogen and oxygen atoms in total. The number of rotatable bonds is 5. The fourth-order valence-corrected chi connectivity index (χ4v) is 1.57. The lowest BCUT2D eigenvalue weighted by atomic mass is 10.3. The highest BCUT2D eigenvalue weighted by atomic mass is 16.5. The molecule has 0 aliphatic heterocycles. The standard InChI is InChI=1S/C11H17N5O/c1-4-5-9-12-11(17-14-9)8-15(2)10-6-7-16(3)13-10/h6-7H,4-5,8H2,1-3H3. The van der Waals surface area contributed by atoms with Crippen molar-refractivity contribution >= 4 is 5.82 Å². The Balaban J connectivity index is 1.99. The van der Waals surface area contributed by atoms with Gasteiger partial charge in [-0.1, -0.05) is 12.1 Å². The molecule has 0 spiro atoms. The molecule has 0 unspecified atom stereocenters. The molecule has 0 bridgehead atoms. The van der Waals surface area contributed by atoms with Crippen LogP contribution in [0.2, 0.25) is 0 Å². The minimum Gasteiger partial charge on any atom is -0.349 e. The molecule has 0 amide bonds. The first kappa shape index (κ1) is 11.6. The van der Waals surface area contributed by atoms with Crippen LogP contribution in [0.4, 0.5) is 5.82 Å². The summed E-state index contributed by atoms with van der Waals surface area (Å²) in [6, 6.07) is 1.95. The zero-order valence-electron chi connectivity index (χ0n) is 10.4. The van der Waals surface area contributed by atoms with Crippen molar-refractivity contribution in [1.29, 1.82) is 0 Å². The van der Waals surface area contributed by atoms with E-state index in [0.29, 0.717) is 12.4 Å². The molecule has 92 valence electrons. The van der Waals surface area contributed by atoms with Gasteiger partial charge in [-0.15, -0.1) is 0 Å². The average molecular weight is 235 g/mol. The van der Waals surface area contributed by atoms with E-state index in [9.17, 15) is 0 Å². The molecule has 0 fully saturated rings. The Labute approximate surface area is 100 Å². The minimum absolute atomic E-state index is 0.577. The largest absolute Gasteiger partial charge is 0.349 e. The Hall–Kier alpha value is -1.85. The lowest BCUT2D eigenvalue weighted by Gasteiger charge is -2.12. The van der Waals surface area contributed by atoms with E-state index in [1.54, 1.807) is 4.68 Å². The minimum atomic E-state index is 0.577. The first-order valence-corrected chi connectivity index (χ1v) is 5.71. The van der Waals surface area contributed by atoms with Gasteiger partial charge in [0, 0.05) is 32.8 Å². The second kappa shape index (κ2) is 4.99. The fraction of sp³-hybridized carbons (Fsp3) is 0.545. The van der Waals surface area contributed by atoms with E-state index in [0.717, 1.165) is 24.5 Å². The van der Waals surface area contributed by atoms with Gasteiger partial charge < -0.3 is 9.42 Å². The zero-order valence-corrected chi connectivity index (χ0v) is 10.4. The molecular weight excluding hydrogens is 218 g/mol. The normalized spacial score (nSPS) is 10.8. The molecule has 0 atom stereocenters. The molecular formula is C11H17N5O. The first-order valence-electron chi connectivity index (χ1n) is 5.71. The SMILES string of the molecule is CCCc1noc(CN(C)c2ccn(C)n2)n1. The molecule has 0 aliphatic rings. The summed E-state index contributed by atoms with van der Waals surface area (Å²) in [5, 5.41) is 8.22. The van der Waals surface area contributed by atoms with Crippen LogP contribution in [0.3, 0.4) is 0 Å². The van der Waals surface area contributed by atoms with Crippen LogP contribution in [0.5, 0.6) is 0 Å². The molecule has 0 saturated carbocycles. The van der Waals surface area contributed by atoms with Gasteiger partial charge >= 0.3 is 0 Å². The van der Waals surface area contributed by atoms with E-state index in [1.165, 1.54) is 0 Å². The predicted molar refractivity (Wildman–Crippen MR) is 63.6 cm³/mol. The Morgan fingerprint density at radius 3 is 2.94 bits per heavy atom. The Kier molecular flexibility index (Phi) is 3.41. The monoisotopic (exact) mass is 235 g/mol. The second-order valence-electron chi connectivity index (χ2n) is 4.06. The predicted octanol–water partition coefficient (Wildman–Crippen LogP) is 1.39. The molecule has 0 saturated heterocycles. The van der Waals surface area contributed by atoms with Crippen LogP contribution >= 0.6 is 0 Å². The summed E-state index contributed by atoms with van der Waals surface area (Å²) in [4.78, 5) is 6.29. The maximum atomic E-state index is 5.18. The van der Waals surface area contributed by atoms with E-state index in [4.69, 9.17) is 4.52 Å². The number of aryl methyl sites for hydroxylation is 2. The van der Waals surface area contributed by atoms with Crippen LogP contribution in [0.15, 0.2) is 16.8 Å². The summed E-state index contributed by atoms with van der Waals surface area (Å²) in [6.45, 7) is 2.67. The second-order valence-corrected chi connectivity index (χ2v) is 4.06. The van der Waals surface area contributed by atoms with Crippen molar-refractivity contribution in [3.63, 3.8) is 0 Å². The summed E-state index contributed by atoms with van der Waals surface area (Å²) < 4.78 is 6.94. The molecule has 2 aromatic heterocycles. The third kappa shape index (κ3) is 2.83. The molecule has 17 heavy (non-hydrogen) atoms. The summed E-state index contributed by atoms with van der Waals surface area (Å²) in [5.74, 6) is 2.29. The van der Waals surface area contributed by atoms with E-state index >= 15 is 0 Å². The first-order chi connectivity index (χ1) is 8.19. The van der Waals surface area contributed by atoms with Crippen molar-refractivity contribution in [1.82, 2.24) is 19.9 Å². The third-order valence-electron chi connectivity index (χ3n) is 2.45. The molecule has 0 aliphatic carbocycles. The van der Waals surface area contributed by atoms with Crippen molar-refractivity contribution < 1.29 is 4.52 Å². The Bertz CT molecular complexity index is 476. The number of nitrogens with zero attached hydrogens (tertiary/aromatic N) is 5. The van der Waals surface area contributed by atoms with E-state index in [-0.39, 0.29) is 0 Å². The van der Waals surface area contributed by atoms with Crippen LogP contribution < -0.4 is 4.90 Å². The van der Waals surface area contributed by atoms with Crippen LogP contribution in [0.25, 0.3) is 0 Å². The van der Waals surface area contributed by atoms with Gasteiger partial charge in [-0.3, -0.25) is 4.68 Å². The van der Waals surface area contributed by atoms with Crippen molar-refractivity contribution in [2.75, 3.05) is 11.9 Å². The quantitative estimate of drug-likeness (QED) is 0.783. The van der Waals surface area contributed by atoms with Crippen LogP contribution in [0.1, 0.15) is 25.1 Å². The fourth-order valence-electron chi connectivity index (χ4n) is 1.57. The molecule has 6 heteroatoms. The highest BCUT2D eigenvalue weighted by Gasteiger charge is 2.10. The van der Waals surface area contributed by atoms with Gasteiger partial charge in [-0.25, -0.2) is 0 Å². The Morgan fingerprint density at radius 2 is 2.29 bits per heavy atom. The highest BCUT2D eigenvalue weighted by Crippen LogP contribution is 2.11. The van der Waals surface area contributed by atoms with Crippen molar-refractivity contribution in [2.45, 2.75) is 26.3 Å². The zero-order chi connectivity index (χ0) is 12.3. The van der Waals surface area contributed by atoms with Crippen molar-refractivity contribution in [3.8, 4) is 0 Å². The van der Waals surface area contributed by atoms with E-state index in [1.807, 2.05) is 31.3 Å². The smallest absolute Gasteiger partial charge is 0.246 e. The van der Waals surface area contributed by atoms with Crippen LogP contribution in [0, 0.1) is 0 Å². The van der Waals surface area contributed by atoms with Gasteiger partial charge in [0.2, 0.25) is 5.89 Å². The molecule has 0 N–H and O–H groups in total. The topological polar surface area (TPSA) is 60.0 Å². The van der Waals surface area contributed by atoms with Gasteiger partial charge in [-0.05, 0) is 6.42 Å². The van der Waals surface area contributed by atoms with Crippen molar-refractivity contribution in [3.05, 3.63) is 24.0 Å². The van der Waals surface area contributed by atoms with E-state index < -0.39 is 0 Å². The summed E-state index contributed by atoms with van der Waals surface area (Å²) in [6.07, 6.45) is 3.79. The van der Waals surface area contributed by atoms with Gasteiger partial charge in [0.25, 0.3) is 0 Å². The molecule has 0 aromatic carbocycles. The Morgan fingerprint density at radius 1 is 1.47 bits per heavy atom. The number of hydrogen-bond donors (Lipinski definition) is 0. The van der Waals surface area contributed by atoms with Crippen LogP contribution in [-0.2, 0) is 20.0 Å². The summed E-state index contributed by atoms with van der Waals surface area (Å²) >= 11 is 0. The maximum absolute atomic E-state index is 5.18. The lowest BCUT2D eigenvalue weighted by Crippen LogP contribution is -2.17. The van der Waals surface area contributed by atoms with Crippen LogP contribution in [-0.4, -0.2) is 27.0 Å². The van der Waals surface area contributed by atoms with Gasteiger partial charge in [-0.2, -0.15) is 10.1 Å². The molecule has 2 heterocycles. The summed E-state index contributed by atoms with van der Waals surface area (Å²) in [5.41, 5.74) is 0. The molecule has 0 radical (unpaired) electrons. The molecule has 2 aromatic rings. The van der Waals surface area contributed by atoms with Gasteiger partial charge in [0.1, 0.15) is 0 Å². The maximum Gasteiger partial charge on any atom is 0.246 e. The highest BCUT2D eigenvalue weighted by molar-refractivity contribution is 5.35. The van der Waals surface area contributed by atoms with Gasteiger partial charge in [0.05, 0.1) is 6.54 Å². The average Bonchev–Trinajstić information content (AvgIpc) is 2.88. The number of hydrogen-bond acceptors (Lipinski definition) is 5. The summed E-state index contributed by atoms with van der Waals surface area (Å²) in [7, 11) is 3.84. The van der Waals surface area contributed by atoms with Crippen molar-refractivity contribution in [2.24, 2.45) is 7.05 Å². The van der Waals surface area contributed by atoms with E-state index in [2.05, 4.69) is 22.2 Å². The van der Waals surface area contributed by atoms with Gasteiger partial charge in [0.15, 0.2) is 11.6 Å². The lowest BCUT2D eigenvalue weighted by molar-refractivity contribution is 0.372.